The third-order valence-electron chi connectivity index (χ3n) is 3.04. The summed E-state index contributed by atoms with van der Waals surface area (Å²) >= 11 is 0. The zero-order valence-electron chi connectivity index (χ0n) is 11.5. The highest BCUT2D eigenvalue weighted by Crippen LogP contribution is 2.29. The summed E-state index contributed by atoms with van der Waals surface area (Å²) in [6.45, 7) is 0.642. The van der Waals surface area contributed by atoms with Gasteiger partial charge in [-0.15, -0.1) is 0 Å². The molecule has 0 aliphatic carbocycles. The number of hydrogen-bond acceptors (Lipinski definition) is 4. The number of hydrogen-bond donors (Lipinski definition) is 2. The van der Waals surface area contributed by atoms with Crippen molar-refractivity contribution in [3.05, 3.63) is 59.7 Å². The fourth-order valence-corrected chi connectivity index (χ4v) is 1.92. The maximum Gasteiger partial charge on any atom is 0.128 e. The maximum atomic E-state index is 9.79. The molecule has 2 aromatic carbocycles. The Morgan fingerprint density at radius 2 is 1.90 bits per heavy atom. The summed E-state index contributed by atoms with van der Waals surface area (Å²) in [6.07, 6.45) is -0.729. The van der Waals surface area contributed by atoms with Crippen LogP contribution in [-0.4, -0.2) is 18.8 Å². The Bertz CT molecular complexity index is 543. The number of benzene rings is 2. The van der Waals surface area contributed by atoms with Gasteiger partial charge < -0.3 is 20.3 Å². The molecule has 106 valence electrons. The van der Waals surface area contributed by atoms with E-state index in [2.05, 4.69) is 0 Å². The van der Waals surface area contributed by atoms with Crippen LogP contribution >= 0.6 is 0 Å². The molecule has 0 spiro atoms. The quantitative estimate of drug-likeness (QED) is 0.847. The molecule has 0 saturated carbocycles. The van der Waals surface area contributed by atoms with Crippen molar-refractivity contribution in [2.24, 2.45) is 5.73 Å². The minimum atomic E-state index is -0.729. The van der Waals surface area contributed by atoms with Crippen molar-refractivity contribution < 1.29 is 14.6 Å². The van der Waals surface area contributed by atoms with Gasteiger partial charge in [0.15, 0.2) is 0 Å². The second-order valence-corrected chi connectivity index (χ2v) is 4.43. The lowest BCUT2D eigenvalue weighted by Gasteiger charge is -2.15. The van der Waals surface area contributed by atoms with E-state index in [9.17, 15) is 5.11 Å². The van der Waals surface area contributed by atoms with Crippen LogP contribution in [0, 0.1) is 0 Å². The van der Waals surface area contributed by atoms with Gasteiger partial charge in [0.05, 0.1) is 13.2 Å². The first-order valence-electron chi connectivity index (χ1n) is 6.47. The van der Waals surface area contributed by atoms with Gasteiger partial charge in [0.2, 0.25) is 0 Å². The Morgan fingerprint density at radius 3 is 2.55 bits per heavy atom. The van der Waals surface area contributed by atoms with E-state index in [1.807, 2.05) is 30.3 Å². The molecule has 0 bridgehead atoms. The van der Waals surface area contributed by atoms with Crippen molar-refractivity contribution >= 4 is 0 Å². The second-order valence-electron chi connectivity index (χ2n) is 4.43. The van der Waals surface area contributed by atoms with Gasteiger partial charge in [-0.2, -0.15) is 0 Å². The maximum absolute atomic E-state index is 9.79. The highest BCUT2D eigenvalue weighted by Gasteiger charge is 2.12. The van der Waals surface area contributed by atoms with E-state index in [1.165, 1.54) is 0 Å². The largest absolute Gasteiger partial charge is 0.496 e. The van der Waals surface area contributed by atoms with Crippen molar-refractivity contribution in [3.8, 4) is 11.5 Å². The summed E-state index contributed by atoms with van der Waals surface area (Å²) in [5.41, 5.74) is 7.23. The van der Waals surface area contributed by atoms with E-state index >= 15 is 0 Å². The summed E-state index contributed by atoms with van der Waals surface area (Å²) < 4.78 is 11.0. The minimum absolute atomic E-state index is 0.153. The van der Waals surface area contributed by atoms with E-state index in [-0.39, 0.29) is 6.54 Å². The van der Waals surface area contributed by atoms with Crippen molar-refractivity contribution in [2.45, 2.75) is 12.7 Å². The smallest absolute Gasteiger partial charge is 0.128 e. The van der Waals surface area contributed by atoms with Crippen molar-refractivity contribution in [1.82, 2.24) is 0 Å². The van der Waals surface area contributed by atoms with Gasteiger partial charge >= 0.3 is 0 Å². The second kappa shape index (κ2) is 6.93. The molecule has 4 heteroatoms. The normalized spacial score (nSPS) is 11.9. The molecule has 0 unspecified atom stereocenters. The molecule has 2 rings (SSSR count). The number of rotatable bonds is 6. The molecule has 1 atom stereocenters. The molecule has 0 aliphatic heterocycles. The van der Waals surface area contributed by atoms with Gasteiger partial charge in [0.1, 0.15) is 18.1 Å². The van der Waals surface area contributed by atoms with Gasteiger partial charge in [-0.1, -0.05) is 30.3 Å². The Balaban J connectivity index is 2.09. The zero-order valence-corrected chi connectivity index (χ0v) is 11.5. The number of aliphatic hydroxyl groups is 1. The predicted molar refractivity (Wildman–Crippen MR) is 77.8 cm³/mol. The predicted octanol–water partition coefficient (Wildman–Crippen LogP) is 2.27. The Morgan fingerprint density at radius 1 is 1.15 bits per heavy atom. The average Bonchev–Trinajstić information content (AvgIpc) is 2.52. The van der Waals surface area contributed by atoms with E-state index in [0.29, 0.717) is 23.7 Å². The van der Waals surface area contributed by atoms with Gasteiger partial charge in [0, 0.05) is 18.2 Å². The van der Waals surface area contributed by atoms with E-state index < -0.39 is 6.10 Å². The van der Waals surface area contributed by atoms with Crippen molar-refractivity contribution in [2.75, 3.05) is 13.7 Å². The number of methoxy groups -OCH3 is 1. The van der Waals surface area contributed by atoms with Crippen LogP contribution in [-0.2, 0) is 6.61 Å². The van der Waals surface area contributed by atoms with Gasteiger partial charge in [0.25, 0.3) is 0 Å². The first-order chi connectivity index (χ1) is 9.74. The highest BCUT2D eigenvalue weighted by atomic mass is 16.5. The lowest BCUT2D eigenvalue weighted by atomic mass is 10.1. The molecule has 4 nitrogen and oxygen atoms in total. The molecule has 0 radical (unpaired) electrons. The van der Waals surface area contributed by atoms with E-state index in [1.54, 1.807) is 25.3 Å². The first kappa shape index (κ1) is 14.4. The van der Waals surface area contributed by atoms with Gasteiger partial charge in [-0.3, -0.25) is 0 Å². The zero-order chi connectivity index (χ0) is 14.4. The lowest BCUT2D eigenvalue weighted by Crippen LogP contribution is -2.12. The van der Waals surface area contributed by atoms with Crippen LogP contribution in [0.3, 0.4) is 0 Å². The van der Waals surface area contributed by atoms with Gasteiger partial charge in [-0.05, 0) is 17.7 Å². The lowest BCUT2D eigenvalue weighted by molar-refractivity contribution is 0.182. The monoisotopic (exact) mass is 273 g/mol. The van der Waals surface area contributed by atoms with Crippen LogP contribution in [0.4, 0.5) is 0 Å². The van der Waals surface area contributed by atoms with Crippen LogP contribution < -0.4 is 15.2 Å². The van der Waals surface area contributed by atoms with Crippen molar-refractivity contribution in [3.63, 3.8) is 0 Å². The number of aliphatic hydroxyl groups excluding tert-OH is 1. The summed E-state index contributed by atoms with van der Waals surface area (Å²) in [6, 6.07) is 15.3. The summed E-state index contributed by atoms with van der Waals surface area (Å²) in [5.74, 6) is 1.27. The average molecular weight is 273 g/mol. The Labute approximate surface area is 118 Å². The molecular weight excluding hydrogens is 254 g/mol. The van der Waals surface area contributed by atoms with Crippen LogP contribution in [0.1, 0.15) is 17.2 Å². The molecule has 2 aromatic rings. The number of ether oxygens (including phenoxy) is 2. The third kappa shape index (κ3) is 3.50. The molecule has 0 aliphatic rings. The fraction of sp³-hybridized carbons (Fsp3) is 0.250. The van der Waals surface area contributed by atoms with Gasteiger partial charge in [-0.25, -0.2) is 0 Å². The van der Waals surface area contributed by atoms with Crippen LogP contribution in [0.5, 0.6) is 11.5 Å². The fourth-order valence-electron chi connectivity index (χ4n) is 1.92. The molecule has 0 heterocycles. The standard InChI is InChI=1S/C16H19NO3/c1-19-16-9-13(7-8-14(16)15(18)10-17)20-11-12-5-3-2-4-6-12/h2-9,15,18H,10-11,17H2,1H3/t15-/m1/s1. The molecule has 20 heavy (non-hydrogen) atoms. The number of nitrogens with two attached hydrogens (primary N) is 1. The molecular formula is C16H19NO3. The molecule has 0 amide bonds. The summed E-state index contributed by atoms with van der Waals surface area (Å²) in [4.78, 5) is 0. The topological polar surface area (TPSA) is 64.7 Å². The van der Waals surface area contributed by atoms with Crippen LogP contribution in [0.15, 0.2) is 48.5 Å². The van der Waals surface area contributed by atoms with Crippen molar-refractivity contribution in [1.29, 1.82) is 0 Å². The van der Waals surface area contributed by atoms with E-state index in [4.69, 9.17) is 15.2 Å². The molecule has 0 aromatic heterocycles. The minimum Gasteiger partial charge on any atom is -0.496 e. The Kier molecular flexibility index (Phi) is 4.98. The van der Waals surface area contributed by atoms with E-state index in [0.717, 1.165) is 5.56 Å². The SMILES string of the molecule is COc1cc(OCc2ccccc2)ccc1[C@H](O)CN. The summed E-state index contributed by atoms with van der Waals surface area (Å²) in [7, 11) is 1.56. The molecule has 0 saturated heterocycles. The Hall–Kier alpha value is -2.04. The molecule has 0 fully saturated rings. The first-order valence-corrected chi connectivity index (χ1v) is 6.47. The van der Waals surface area contributed by atoms with Crippen LogP contribution in [0.2, 0.25) is 0 Å². The van der Waals surface area contributed by atoms with Crippen LogP contribution in [0.25, 0.3) is 0 Å². The highest BCUT2D eigenvalue weighted by molar-refractivity contribution is 5.42. The summed E-state index contributed by atoms with van der Waals surface area (Å²) in [5, 5.41) is 9.79. The third-order valence-corrected chi connectivity index (χ3v) is 3.04. The molecule has 3 N–H and O–H groups in total.